The monoisotopic (exact) mass is 517 g/mol. The number of rotatable bonds is 5. The molecule has 11 heteroatoms. The number of nitrogens with one attached hydrogen (secondary N) is 1. The van der Waals surface area contributed by atoms with E-state index in [1.54, 1.807) is 26.2 Å². The third kappa shape index (κ3) is 5.77. The minimum Gasteiger partial charge on any atom is -0.322 e. The second-order valence-corrected chi connectivity index (χ2v) is 8.89. The number of amides is 1. The molecule has 3 aromatic rings. The van der Waals surface area contributed by atoms with Crippen LogP contribution in [0.1, 0.15) is 41.4 Å². The van der Waals surface area contributed by atoms with Crippen molar-refractivity contribution in [3.8, 4) is 11.4 Å². The molecule has 3 rings (SSSR count). The van der Waals surface area contributed by atoms with Crippen molar-refractivity contribution >= 4 is 46.6 Å². The number of hydrogen-bond donors (Lipinski definition) is 1. The van der Waals surface area contributed by atoms with Crippen molar-refractivity contribution < 1.29 is 22.4 Å². The van der Waals surface area contributed by atoms with Crippen LogP contribution in [0.3, 0.4) is 0 Å². The number of carbonyl (C=O) groups is 1. The Bertz CT molecular complexity index is 1220. The lowest BCUT2D eigenvalue weighted by atomic mass is 10.0. The molecular formula is C22H17Cl2F4N3OS. The number of carbonyl (C=O) groups excluding carboxylic acids is 1. The first kappa shape index (κ1) is 25.3. The predicted octanol–water partition coefficient (Wildman–Crippen LogP) is 7.71. The number of benzene rings is 2. The van der Waals surface area contributed by atoms with Crippen molar-refractivity contribution in [3.05, 3.63) is 69.1 Å². The molecular weight excluding hydrogens is 501 g/mol. The third-order valence-corrected chi connectivity index (χ3v) is 5.95. The van der Waals surface area contributed by atoms with Crippen LogP contribution >= 0.6 is 35.0 Å². The zero-order valence-electron chi connectivity index (χ0n) is 17.5. The first-order valence-electron chi connectivity index (χ1n) is 9.51. The lowest BCUT2D eigenvalue weighted by molar-refractivity contribution is -0.137. The van der Waals surface area contributed by atoms with Crippen LogP contribution in [0, 0.1) is 5.82 Å². The molecule has 0 saturated carbocycles. The lowest BCUT2D eigenvalue weighted by Gasteiger charge is -2.17. The van der Waals surface area contributed by atoms with E-state index in [9.17, 15) is 22.4 Å². The van der Waals surface area contributed by atoms with Crippen molar-refractivity contribution in [3.63, 3.8) is 0 Å². The Hall–Kier alpha value is -2.36. The average molecular weight is 518 g/mol. The van der Waals surface area contributed by atoms with Gasteiger partial charge in [0.25, 0.3) is 5.91 Å². The highest BCUT2D eigenvalue weighted by molar-refractivity contribution is 7.98. The Kier molecular flexibility index (Phi) is 7.55. The quantitative estimate of drug-likeness (QED) is 0.214. The van der Waals surface area contributed by atoms with E-state index in [0.717, 1.165) is 23.9 Å². The molecule has 0 aliphatic rings. The molecule has 0 atom stereocenters. The van der Waals surface area contributed by atoms with Crippen LogP contribution in [0.4, 0.5) is 23.2 Å². The molecule has 2 aromatic carbocycles. The van der Waals surface area contributed by atoms with E-state index in [-0.39, 0.29) is 32.9 Å². The van der Waals surface area contributed by atoms with Crippen LogP contribution in [-0.4, -0.2) is 22.1 Å². The summed E-state index contributed by atoms with van der Waals surface area (Å²) < 4.78 is 53.4. The van der Waals surface area contributed by atoms with Gasteiger partial charge in [-0.25, -0.2) is 14.4 Å². The predicted molar refractivity (Wildman–Crippen MR) is 123 cm³/mol. The second-order valence-electron chi connectivity index (χ2n) is 7.28. The lowest BCUT2D eigenvalue weighted by Crippen LogP contribution is -2.19. The smallest absolute Gasteiger partial charge is 0.322 e. The number of alkyl halides is 3. The highest BCUT2D eigenvalue weighted by atomic mass is 35.5. The molecule has 1 N–H and O–H groups in total. The Morgan fingerprint density at radius 3 is 2.33 bits per heavy atom. The van der Waals surface area contributed by atoms with Crippen molar-refractivity contribution in [1.29, 1.82) is 0 Å². The molecule has 1 heterocycles. The van der Waals surface area contributed by atoms with Crippen molar-refractivity contribution in [2.45, 2.75) is 31.0 Å². The number of anilines is 1. The maximum Gasteiger partial charge on any atom is 0.416 e. The van der Waals surface area contributed by atoms with Gasteiger partial charge in [-0.3, -0.25) is 4.79 Å². The van der Waals surface area contributed by atoms with Crippen molar-refractivity contribution in [2.24, 2.45) is 0 Å². The normalized spacial score (nSPS) is 11.7. The van der Waals surface area contributed by atoms with Gasteiger partial charge in [-0.1, -0.05) is 37.0 Å². The molecule has 1 aromatic heterocycles. The fourth-order valence-corrected chi connectivity index (χ4v) is 3.89. The van der Waals surface area contributed by atoms with E-state index in [4.69, 9.17) is 23.2 Å². The van der Waals surface area contributed by atoms with Gasteiger partial charge in [-0.15, -0.1) is 11.8 Å². The van der Waals surface area contributed by atoms with E-state index in [2.05, 4.69) is 15.3 Å². The number of hydrogen-bond acceptors (Lipinski definition) is 4. The van der Waals surface area contributed by atoms with Gasteiger partial charge in [0.1, 0.15) is 10.8 Å². The summed E-state index contributed by atoms with van der Waals surface area (Å²) in [4.78, 5) is 21.7. The minimum atomic E-state index is -4.74. The van der Waals surface area contributed by atoms with E-state index in [0.29, 0.717) is 22.5 Å². The standard InChI is InChI=1S/C22H17Cl2F4N3OS/c1-10(2)18-17(20(32)29-14-4-5-15(23)16(24)9-14)21(33-3)31-19(30-18)11-6-12(22(26,27)28)8-13(25)7-11/h4-10H,1-3H3,(H,29,32). The largest absolute Gasteiger partial charge is 0.416 e. The summed E-state index contributed by atoms with van der Waals surface area (Å²) in [6, 6.07) is 6.69. The van der Waals surface area contributed by atoms with Crippen molar-refractivity contribution in [2.75, 3.05) is 11.6 Å². The molecule has 0 saturated heterocycles. The Balaban J connectivity index is 2.11. The van der Waals surface area contributed by atoms with E-state index >= 15 is 0 Å². The maximum absolute atomic E-state index is 14.0. The summed E-state index contributed by atoms with van der Waals surface area (Å²) in [7, 11) is 0. The first-order chi connectivity index (χ1) is 15.4. The Morgan fingerprint density at radius 2 is 1.76 bits per heavy atom. The van der Waals surface area contributed by atoms with E-state index in [1.807, 2.05) is 0 Å². The van der Waals surface area contributed by atoms with Gasteiger partial charge in [0.15, 0.2) is 5.82 Å². The van der Waals surface area contributed by atoms with E-state index < -0.39 is 23.5 Å². The van der Waals surface area contributed by atoms with Crippen molar-refractivity contribution in [1.82, 2.24) is 9.97 Å². The number of aromatic nitrogens is 2. The molecule has 0 bridgehead atoms. The molecule has 4 nitrogen and oxygen atoms in total. The van der Waals surface area contributed by atoms with Crippen LogP contribution in [0.2, 0.25) is 10.0 Å². The Labute approximate surface area is 201 Å². The summed E-state index contributed by atoms with van der Waals surface area (Å²) in [5.74, 6) is -1.99. The fraction of sp³-hybridized carbons (Fsp3) is 0.227. The summed E-state index contributed by atoms with van der Waals surface area (Å²) in [5.41, 5.74) is -0.435. The molecule has 0 radical (unpaired) electrons. The Morgan fingerprint density at radius 1 is 1.06 bits per heavy atom. The topological polar surface area (TPSA) is 54.9 Å². The van der Waals surface area contributed by atoms with Gasteiger partial charge in [-0.05, 0) is 48.6 Å². The van der Waals surface area contributed by atoms with Crippen LogP contribution in [0.5, 0.6) is 0 Å². The van der Waals surface area contributed by atoms with Gasteiger partial charge < -0.3 is 5.32 Å². The summed E-state index contributed by atoms with van der Waals surface area (Å²) >= 11 is 13.0. The van der Waals surface area contributed by atoms with Crippen LogP contribution < -0.4 is 5.32 Å². The average Bonchev–Trinajstić information content (AvgIpc) is 2.74. The number of thioether (sulfide) groups is 1. The fourth-order valence-electron chi connectivity index (χ4n) is 3.01. The number of nitrogens with zero attached hydrogens (tertiary/aromatic N) is 2. The number of halogens is 6. The molecule has 0 aliphatic carbocycles. The van der Waals surface area contributed by atoms with Gasteiger partial charge in [-0.2, -0.15) is 13.2 Å². The molecule has 174 valence electrons. The maximum atomic E-state index is 14.0. The zero-order chi connectivity index (χ0) is 24.5. The molecule has 1 amide bonds. The summed E-state index contributed by atoms with van der Waals surface area (Å²) in [5, 5.41) is 3.52. The first-order valence-corrected chi connectivity index (χ1v) is 11.5. The SMILES string of the molecule is CSc1nc(-c2cc(F)cc(C(F)(F)F)c2)nc(C(C)C)c1C(=O)Nc1ccc(Cl)c(Cl)c1. The summed E-state index contributed by atoms with van der Waals surface area (Å²) in [6.45, 7) is 3.55. The molecule has 0 aliphatic heterocycles. The van der Waals surface area contributed by atoms with Gasteiger partial charge in [0, 0.05) is 11.3 Å². The van der Waals surface area contributed by atoms with Gasteiger partial charge >= 0.3 is 6.18 Å². The van der Waals surface area contributed by atoms with Crippen LogP contribution in [0.25, 0.3) is 11.4 Å². The third-order valence-electron chi connectivity index (χ3n) is 4.53. The molecule has 0 unspecified atom stereocenters. The summed E-state index contributed by atoms with van der Waals surface area (Å²) in [6.07, 6.45) is -3.07. The molecule has 33 heavy (non-hydrogen) atoms. The zero-order valence-corrected chi connectivity index (χ0v) is 19.8. The second kappa shape index (κ2) is 9.87. The highest BCUT2D eigenvalue weighted by Crippen LogP contribution is 2.35. The van der Waals surface area contributed by atoms with Crippen LogP contribution in [-0.2, 0) is 6.18 Å². The van der Waals surface area contributed by atoms with Gasteiger partial charge in [0.05, 0.1) is 26.9 Å². The van der Waals surface area contributed by atoms with E-state index in [1.165, 1.54) is 12.1 Å². The van der Waals surface area contributed by atoms with Crippen LogP contribution in [0.15, 0.2) is 41.4 Å². The highest BCUT2D eigenvalue weighted by Gasteiger charge is 2.32. The molecule has 0 fully saturated rings. The molecule has 0 spiro atoms. The minimum absolute atomic E-state index is 0.112. The van der Waals surface area contributed by atoms with Gasteiger partial charge in [0.2, 0.25) is 0 Å².